The molecule has 34 heteroatoms. The first-order valence-corrected chi connectivity index (χ1v) is 23.9. The van der Waals surface area contributed by atoms with Crippen molar-refractivity contribution in [3.8, 4) is 0 Å². The van der Waals surface area contributed by atoms with Crippen LogP contribution >= 0.6 is 0 Å². The van der Waals surface area contributed by atoms with Gasteiger partial charge >= 0.3 is 5.97 Å². The minimum absolute atomic E-state index is 0.833. The molecule has 6 aliphatic rings. The molecule has 6 fully saturated rings. The SMILES string of the molecule is CC(=O)N[C@@H]1[C@H](O[C@H]2[C@@H](O)[C@@H](CO)O[C@@H](O[C@H]3[C@H](O[C@H]4O[C@H](CO)[C@@H](O)[C@H](O)[C@H]4O[C@H]4O[C@H](CO)[C@@H](O)[C@H](O)[C@H]4O)[C@H](NC(C)=O)[C@H](O)O[C@@H]3C(=O)O)[C@@H]2NC(C)=O)O[C@@H](C)[C@@H](O)[C@H]1O[C@H]1O[C@H](CO)[C@H](O)[C@H](O)[C@H]1O. The molecule has 0 spiro atoms. The molecule has 0 unspecified atom stereocenters. The van der Waals surface area contributed by atoms with Gasteiger partial charge in [0.05, 0.1) is 32.5 Å². The molecule has 6 aliphatic heterocycles. The fourth-order valence-corrected chi connectivity index (χ4v) is 9.61. The molecular formula is C42H69N3O31. The Hall–Kier alpha value is -3.16. The van der Waals surface area contributed by atoms with Crippen LogP contribution in [0.15, 0.2) is 0 Å². The molecule has 19 N–H and O–H groups in total. The normalized spacial score (nSPS) is 48.1. The summed E-state index contributed by atoms with van der Waals surface area (Å²) in [5.74, 6) is -4.62. The van der Waals surface area contributed by atoms with Gasteiger partial charge in [0.1, 0.15) is 134 Å². The minimum atomic E-state index is -2.42. The van der Waals surface area contributed by atoms with Crippen molar-refractivity contribution >= 4 is 23.7 Å². The van der Waals surface area contributed by atoms with E-state index in [-0.39, 0.29) is 0 Å². The molecule has 0 radical (unpaired) electrons. The van der Waals surface area contributed by atoms with E-state index in [1.54, 1.807) is 0 Å². The van der Waals surface area contributed by atoms with Crippen LogP contribution in [0.4, 0.5) is 0 Å². The molecule has 6 saturated heterocycles. The highest BCUT2D eigenvalue weighted by atomic mass is 16.8. The third-order valence-electron chi connectivity index (χ3n) is 13.6. The number of carbonyl (C=O) groups excluding carboxylic acids is 3. The van der Waals surface area contributed by atoms with Gasteiger partial charge in [0.15, 0.2) is 43.8 Å². The maximum absolute atomic E-state index is 13.1. The van der Waals surface area contributed by atoms with E-state index < -0.39 is 234 Å². The molecule has 0 aliphatic carbocycles. The van der Waals surface area contributed by atoms with Gasteiger partial charge in [-0.15, -0.1) is 0 Å². The van der Waals surface area contributed by atoms with E-state index in [2.05, 4.69) is 16.0 Å². The van der Waals surface area contributed by atoms with E-state index in [9.17, 15) is 101 Å². The summed E-state index contributed by atoms with van der Waals surface area (Å²) in [6.45, 7) is 0.228. The van der Waals surface area contributed by atoms with Crippen LogP contribution in [0.3, 0.4) is 0 Å². The zero-order valence-corrected chi connectivity index (χ0v) is 40.9. The van der Waals surface area contributed by atoms with Crippen LogP contribution in [0.2, 0.25) is 0 Å². The fourth-order valence-electron chi connectivity index (χ4n) is 9.61. The summed E-state index contributed by atoms with van der Waals surface area (Å²) in [5, 5.41) is 178. The predicted octanol–water partition coefficient (Wildman–Crippen LogP) is -12.5. The predicted molar refractivity (Wildman–Crippen MR) is 233 cm³/mol. The summed E-state index contributed by atoms with van der Waals surface area (Å²) in [6.07, 6.45) is -53.4. The highest BCUT2D eigenvalue weighted by Gasteiger charge is 2.60. The maximum Gasteiger partial charge on any atom is 0.335 e. The van der Waals surface area contributed by atoms with Crippen molar-refractivity contribution in [3.63, 3.8) is 0 Å². The molecule has 0 saturated carbocycles. The Balaban J connectivity index is 1.39. The van der Waals surface area contributed by atoms with Crippen molar-refractivity contribution in [2.45, 2.75) is 212 Å². The number of carbonyl (C=O) groups is 4. The Labute approximate surface area is 430 Å². The van der Waals surface area contributed by atoms with E-state index in [1.807, 2.05) is 0 Å². The summed E-state index contributed by atoms with van der Waals surface area (Å²) < 4.78 is 64.3. The van der Waals surface area contributed by atoms with Crippen LogP contribution < -0.4 is 16.0 Å². The molecule has 0 bridgehead atoms. The molecule has 76 heavy (non-hydrogen) atoms. The smallest absolute Gasteiger partial charge is 0.335 e. The van der Waals surface area contributed by atoms with Crippen LogP contribution in [0.5, 0.6) is 0 Å². The lowest BCUT2D eigenvalue weighted by atomic mass is 9.93. The first-order chi connectivity index (χ1) is 35.8. The van der Waals surface area contributed by atoms with Crippen molar-refractivity contribution in [3.05, 3.63) is 0 Å². The van der Waals surface area contributed by atoms with Crippen LogP contribution in [0.1, 0.15) is 27.7 Å². The Bertz CT molecular complexity index is 1930. The Morgan fingerprint density at radius 3 is 1.20 bits per heavy atom. The Morgan fingerprint density at radius 1 is 0.382 bits per heavy atom. The van der Waals surface area contributed by atoms with Crippen molar-refractivity contribution in [2.24, 2.45) is 0 Å². The lowest BCUT2D eigenvalue weighted by Gasteiger charge is -2.51. The highest BCUT2D eigenvalue weighted by Crippen LogP contribution is 2.38. The fraction of sp³-hybridized carbons (Fsp3) is 0.905. The van der Waals surface area contributed by atoms with Crippen LogP contribution in [0, 0.1) is 0 Å². The van der Waals surface area contributed by atoms with Crippen LogP contribution in [-0.2, 0) is 71.3 Å². The topological polar surface area (TPSA) is 530 Å². The average Bonchev–Trinajstić information content (AvgIpc) is 3.36. The number of carboxylic acid groups (broad SMARTS) is 1. The molecule has 0 aromatic heterocycles. The molecule has 438 valence electrons. The minimum Gasteiger partial charge on any atom is -0.479 e. The lowest BCUT2D eigenvalue weighted by molar-refractivity contribution is -0.389. The Morgan fingerprint density at radius 2 is 0.737 bits per heavy atom. The molecule has 6 heterocycles. The molecule has 34 nitrogen and oxygen atoms in total. The second-order valence-electron chi connectivity index (χ2n) is 19.0. The van der Waals surface area contributed by atoms with Crippen LogP contribution in [0.25, 0.3) is 0 Å². The van der Waals surface area contributed by atoms with Gasteiger partial charge in [-0.05, 0) is 6.92 Å². The molecule has 3 amide bonds. The van der Waals surface area contributed by atoms with E-state index in [0.717, 1.165) is 20.8 Å². The largest absolute Gasteiger partial charge is 0.479 e. The van der Waals surface area contributed by atoms with E-state index in [4.69, 9.17) is 52.1 Å². The number of carboxylic acids is 1. The zero-order valence-electron chi connectivity index (χ0n) is 40.9. The zero-order chi connectivity index (χ0) is 56.4. The summed E-state index contributed by atoms with van der Waals surface area (Å²) in [7, 11) is 0. The maximum atomic E-state index is 13.1. The van der Waals surface area contributed by atoms with E-state index in [0.29, 0.717) is 0 Å². The number of aliphatic hydroxyl groups excluding tert-OH is 15. The second kappa shape index (κ2) is 26.4. The number of hydrogen-bond acceptors (Lipinski definition) is 30. The highest BCUT2D eigenvalue weighted by molar-refractivity contribution is 5.75. The summed E-state index contributed by atoms with van der Waals surface area (Å²) in [4.78, 5) is 51.7. The third kappa shape index (κ3) is 13.4. The number of aliphatic hydroxyl groups is 15. The summed E-state index contributed by atoms with van der Waals surface area (Å²) >= 11 is 0. The van der Waals surface area contributed by atoms with Gasteiger partial charge in [-0.3, -0.25) is 14.4 Å². The third-order valence-corrected chi connectivity index (χ3v) is 13.6. The van der Waals surface area contributed by atoms with Crippen molar-refractivity contribution in [1.29, 1.82) is 0 Å². The number of nitrogens with one attached hydrogen (secondary N) is 3. The molecule has 0 aromatic rings. The van der Waals surface area contributed by atoms with Gasteiger partial charge in [-0.25, -0.2) is 4.79 Å². The molecular weight excluding hydrogens is 1040 g/mol. The van der Waals surface area contributed by atoms with Gasteiger partial charge in [0.25, 0.3) is 0 Å². The van der Waals surface area contributed by atoms with Crippen LogP contribution in [-0.4, -0.2) is 316 Å². The first kappa shape index (κ1) is 62.0. The van der Waals surface area contributed by atoms with Crippen molar-refractivity contribution < 1.29 is 153 Å². The summed E-state index contributed by atoms with van der Waals surface area (Å²) in [5.41, 5.74) is 0. The monoisotopic (exact) mass is 1110 g/mol. The number of ether oxygens (including phenoxy) is 11. The number of amides is 3. The van der Waals surface area contributed by atoms with Gasteiger partial charge in [0.2, 0.25) is 17.7 Å². The summed E-state index contributed by atoms with van der Waals surface area (Å²) in [6, 6.07) is -5.57. The van der Waals surface area contributed by atoms with E-state index in [1.165, 1.54) is 6.92 Å². The van der Waals surface area contributed by atoms with Gasteiger partial charge in [-0.2, -0.15) is 0 Å². The molecule has 6 rings (SSSR count). The Kier molecular flexibility index (Phi) is 21.6. The molecule has 30 atom stereocenters. The van der Waals surface area contributed by atoms with Gasteiger partial charge < -0.3 is 150 Å². The number of rotatable bonds is 18. The second-order valence-corrected chi connectivity index (χ2v) is 19.0. The lowest BCUT2D eigenvalue weighted by Crippen LogP contribution is -2.72. The van der Waals surface area contributed by atoms with Crippen molar-refractivity contribution in [2.75, 3.05) is 26.4 Å². The van der Waals surface area contributed by atoms with Gasteiger partial charge in [0, 0.05) is 20.8 Å². The van der Waals surface area contributed by atoms with Gasteiger partial charge in [-0.1, -0.05) is 0 Å². The number of aliphatic carboxylic acids is 1. The molecule has 0 aromatic carbocycles. The quantitative estimate of drug-likeness (QED) is 0.0606. The average molecular weight is 1110 g/mol. The van der Waals surface area contributed by atoms with E-state index >= 15 is 0 Å². The number of hydrogen-bond donors (Lipinski definition) is 19. The first-order valence-electron chi connectivity index (χ1n) is 23.9. The van der Waals surface area contributed by atoms with Crippen molar-refractivity contribution in [1.82, 2.24) is 16.0 Å². The standard InChI is InChI=1S/C42H69N3O31/c1-9-20(53)30(73-40-28(61)25(58)21(54)13(5-46)68-40)18(44-11(3)51)38(66-9)72-31-19(45-12(4)52)39(67-16(8-49)24(31)57)76-34-32(17(43-10(2)50)37(65)71-35(34)36(63)64)74-42-33(27(60)23(56)15(7-48)70-42)75-41-29(62)26(59)22(55)14(6-47)69-41/h9,13-35,37-42,46-49,53-62,65H,5-8H2,1-4H3,(H,43,50)(H,44,51)(H,45,52)(H,63,64)/t9-,13+,14+,15+,16+,17-,18-,19+,20+,21-,22+,23+,24-,25-,26-,27-,28+,29+,30-,31+,32+,33+,34-,35-,37+,38-,39-,40+,41+,42+/m0/s1.